The third-order valence-electron chi connectivity index (χ3n) is 4.92. The molecule has 26 heavy (non-hydrogen) atoms. The van der Waals surface area contributed by atoms with Gasteiger partial charge in [-0.15, -0.1) is 0 Å². The van der Waals surface area contributed by atoms with Crippen LogP contribution in [0.3, 0.4) is 0 Å². The summed E-state index contributed by atoms with van der Waals surface area (Å²) in [5.41, 5.74) is 8.94. The molecule has 5 heteroatoms. The molecule has 3 rings (SSSR count). The van der Waals surface area contributed by atoms with Gasteiger partial charge in [0.25, 0.3) is 0 Å². The monoisotopic (exact) mass is 351 g/mol. The average molecular weight is 351 g/mol. The van der Waals surface area contributed by atoms with Crippen LogP contribution < -0.4 is 11.1 Å². The fraction of sp³-hybridized carbons (Fsp3) is 0.333. The van der Waals surface area contributed by atoms with E-state index in [1.807, 2.05) is 0 Å². The maximum absolute atomic E-state index is 12.5. The normalized spacial score (nSPS) is 15.6. The van der Waals surface area contributed by atoms with E-state index >= 15 is 0 Å². The van der Waals surface area contributed by atoms with E-state index < -0.39 is 5.91 Å². The first-order valence-corrected chi connectivity index (χ1v) is 9.00. The molecule has 0 bridgehead atoms. The van der Waals surface area contributed by atoms with Gasteiger partial charge in [0.1, 0.15) is 0 Å². The Morgan fingerprint density at radius 1 is 1.04 bits per heavy atom. The van der Waals surface area contributed by atoms with Crippen LogP contribution in [0, 0.1) is 12.8 Å². The van der Waals surface area contributed by atoms with Crippen molar-refractivity contribution in [2.75, 3.05) is 18.4 Å². The number of benzene rings is 2. The van der Waals surface area contributed by atoms with Gasteiger partial charge in [-0.3, -0.25) is 14.5 Å². The van der Waals surface area contributed by atoms with Gasteiger partial charge in [0, 0.05) is 23.7 Å². The largest absolute Gasteiger partial charge is 0.366 e. The molecule has 1 fully saturated rings. The number of rotatable bonds is 5. The van der Waals surface area contributed by atoms with E-state index in [0.717, 1.165) is 32.5 Å². The molecule has 1 aliphatic rings. The minimum Gasteiger partial charge on any atom is -0.366 e. The highest BCUT2D eigenvalue weighted by molar-refractivity contribution is 5.95. The molecule has 5 nitrogen and oxygen atoms in total. The fourth-order valence-corrected chi connectivity index (χ4v) is 3.27. The molecule has 0 saturated carbocycles. The van der Waals surface area contributed by atoms with Gasteiger partial charge in [0.05, 0.1) is 0 Å². The lowest BCUT2D eigenvalue weighted by Crippen LogP contribution is -2.37. The predicted molar refractivity (Wildman–Crippen MR) is 103 cm³/mol. The second-order valence-electron chi connectivity index (χ2n) is 6.97. The Labute approximate surface area is 154 Å². The standard InChI is InChI=1S/C21H25N3O2/c1-15-2-4-16(5-3-15)14-24-12-10-18(11-13-24)21(26)23-19-8-6-17(7-9-19)20(22)25/h2-9,18H,10-14H2,1H3,(H2,22,25)(H,23,26). The Morgan fingerprint density at radius 2 is 1.65 bits per heavy atom. The van der Waals surface area contributed by atoms with E-state index in [0.29, 0.717) is 11.3 Å². The van der Waals surface area contributed by atoms with E-state index in [2.05, 4.69) is 41.4 Å². The average Bonchev–Trinajstić information content (AvgIpc) is 2.64. The summed E-state index contributed by atoms with van der Waals surface area (Å²) >= 11 is 0. The summed E-state index contributed by atoms with van der Waals surface area (Å²) in [4.78, 5) is 26.0. The van der Waals surface area contributed by atoms with Gasteiger partial charge in [-0.25, -0.2) is 0 Å². The van der Waals surface area contributed by atoms with Crippen molar-refractivity contribution in [2.45, 2.75) is 26.3 Å². The van der Waals surface area contributed by atoms with Gasteiger partial charge in [-0.2, -0.15) is 0 Å². The van der Waals surface area contributed by atoms with Crippen LogP contribution in [0.15, 0.2) is 48.5 Å². The quantitative estimate of drug-likeness (QED) is 0.870. The summed E-state index contributed by atoms with van der Waals surface area (Å²) < 4.78 is 0. The Morgan fingerprint density at radius 3 is 2.23 bits per heavy atom. The Balaban J connectivity index is 1.48. The summed E-state index contributed by atoms with van der Waals surface area (Å²) in [7, 11) is 0. The molecule has 0 aromatic heterocycles. The molecule has 1 saturated heterocycles. The van der Waals surface area contributed by atoms with Gasteiger partial charge in [0.15, 0.2) is 0 Å². The third kappa shape index (κ3) is 4.70. The molecular formula is C21H25N3O2. The Bertz CT molecular complexity index is 761. The SMILES string of the molecule is Cc1ccc(CN2CCC(C(=O)Nc3ccc(C(N)=O)cc3)CC2)cc1. The van der Waals surface area contributed by atoms with Crippen LogP contribution in [0.4, 0.5) is 5.69 Å². The third-order valence-corrected chi connectivity index (χ3v) is 4.92. The zero-order valence-corrected chi connectivity index (χ0v) is 15.1. The lowest BCUT2D eigenvalue weighted by molar-refractivity contribution is -0.121. The van der Waals surface area contributed by atoms with Crippen molar-refractivity contribution in [3.63, 3.8) is 0 Å². The summed E-state index contributed by atoms with van der Waals surface area (Å²) in [5, 5.41) is 2.94. The Kier molecular flexibility index (Phi) is 5.68. The molecule has 2 aromatic rings. The van der Waals surface area contributed by atoms with Crippen molar-refractivity contribution in [1.29, 1.82) is 0 Å². The number of piperidine rings is 1. The molecule has 136 valence electrons. The second kappa shape index (κ2) is 8.15. The Hall–Kier alpha value is -2.66. The molecule has 2 amide bonds. The summed E-state index contributed by atoms with van der Waals surface area (Å²) in [6, 6.07) is 15.3. The minimum absolute atomic E-state index is 0.0279. The second-order valence-corrected chi connectivity index (χ2v) is 6.97. The van der Waals surface area contributed by atoms with E-state index in [9.17, 15) is 9.59 Å². The number of hydrogen-bond donors (Lipinski definition) is 2. The number of aryl methyl sites for hydroxylation is 1. The van der Waals surface area contributed by atoms with Crippen molar-refractivity contribution < 1.29 is 9.59 Å². The van der Waals surface area contributed by atoms with Crippen molar-refractivity contribution >= 4 is 17.5 Å². The van der Waals surface area contributed by atoms with Crippen LogP contribution in [-0.4, -0.2) is 29.8 Å². The first kappa shape index (κ1) is 18.1. The number of carbonyl (C=O) groups excluding carboxylic acids is 2. The van der Waals surface area contributed by atoms with Crippen molar-refractivity contribution in [3.05, 3.63) is 65.2 Å². The summed E-state index contributed by atoms with van der Waals surface area (Å²) in [5.74, 6) is -0.393. The van der Waals surface area contributed by atoms with Crippen molar-refractivity contribution in [2.24, 2.45) is 11.7 Å². The highest BCUT2D eigenvalue weighted by Crippen LogP contribution is 2.21. The molecule has 0 spiro atoms. The van der Waals surface area contributed by atoms with E-state index in [1.165, 1.54) is 11.1 Å². The van der Waals surface area contributed by atoms with Crippen LogP contribution in [0.1, 0.15) is 34.3 Å². The number of nitrogens with zero attached hydrogens (tertiary/aromatic N) is 1. The van der Waals surface area contributed by atoms with E-state index in [1.54, 1.807) is 24.3 Å². The number of likely N-dealkylation sites (tertiary alicyclic amines) is 1. The van der Waals surface area contributed by atoms with Crippen LogP contribution in [0.2, 0.25) is 0 Å². The zero-order valence-electron chi connectivity index (χ0n) is 15.1. The molecule has 0 unspecified atom stereocenters. The number of nitrogens with one attached hydrogen (secondary N) is 1. The highest BCUT2D eigenvalue weighted by Gasteiger charge is 2.25. The van der Waals surface area contributed by atoms with Crippen LogP contribution in [-0.2, 0) is 11.3 Å². The predicted octanol–water partition coefficient (Wildman–Crippen LogP) is 2.94. The van der Waals surface area contributed by atoms with Crippen molar-refractivity contribution in [1.82, 2.24) is 4.90 Å². The molecule has 0 atom stereocenters. The molecule has 1 heterocycles. The van der Waals surface area contributed by atoms with E-state index in [-0.39, 0.29) is 11.8 Å². The fourth-order valence-electron chi connectivity index (χ4n) is 3.27. The van der Waals surface area contributed by atoms with Gasteiger partial charge >= 0.3 is 0 Å². The number of hydrogen-bond acceptors (Lipinski definition) is 3. The summed E-state index contributed by atoms with van der Waals surface area (Å²) in [6.07, 6.45) is 1.72. The molecular weight excluding hydrogens is 326 g/mol. The first-order valence-electron chi connectivity index (χ1n) is 9.00. The number of nitrogens with two attached hydrogens (primary N) is 1. The van der Waals surface area contributed by atoms with Gasteiger partial charge in [0.2, 0.25) is 11.8 Å². The van der Waals surface area contributed by atoms with Crippen molar-refractivity contribution in [3.8, 4) is 0 Å². The number of carbonyl (C=O) groups is 2. The van der Waals surface area contributed by atoms with Gasteiger partial charge < -0.3 is 11.1 Å². The molecule has 3 N–H and O–H groups in total. The van der Waals surface area contributed by atoms with Gasteiger partial charge in [-0.1, -0.05) is 29.8 Å². The molecule has 0 aliphatic carbocycles. The molecule has 0 radical (unpaired) electrons. The van der Waals surface area contributed by atoms with E-state index in [4.69, 9.17) is 5.73 Å². The van der Waals surface area contributed by atoms with Crippen LogP contribution in [0.25, 0.3) is 0 Å². The number of primary amides is 1. The van der Waals surface area contributed by atoms with Crippen LogP contribution in [0.5, 0.6) is 0 Å². The number of amides is 2. The topological polar surface area (TPSA) is 75.4 Å². The maximum atomic E-state index is 12.5. The zero-order chi connectivity index (χ0) is 18.5. The smallest absolute Gasteiger partial charge is 0.248 e. The lowest BCUT2D eigenvalue weighted by atomic mass is 9.95. The highest BCUT2D eigenvalue weighted by atomic mass is 16.2. The first-order chi connectivity index (χ1) is 12.5. The maximum Gasteiger partial charge on any atom is 0.248 e. The minimum atomic E-state index is -0.469. The lowest BCUT2D eigenvalue weighted by Gasteiger charge is -2.31. The molecule has 1 aliphatic heterocycles. The van der Waals surface area contributed by atoms with Gasteiger partial charge in [-0.05, 0) is 62.7 Å². The summed E-state index contributed by atoms with van der Waals surface area (Å²) in [6.45, 7) is 4.87. The number of anilines is 1. The van der Waals surface area contributed by atoms with Crippen LogP contribution >= 0.6 is 0 Å². The molecule has 2 aromatic carbocycles.